The van der Waals surface area contributed by atoms with E-state index in [9.17, 15) is 0 Å². The zero-order valence-electron chi connectivity index (χ0n) is 3.12. The fourth-order valence-electron chi connectivity index (χ4n) is 0. The SMILES string of the molecule is [Co+2].[Cu+2].[Fe+2].[O-][Si]([O-])([O-])[O-]. The Morgan fingerprint density at radius 1 is 0.875 bits per heavy atom. The zero-order chi connectivity index (χ0) is 4.50. The summed E-state index contributed by atoms with van der Waals surface area (Å²) in [7, 11) is -5.61. The van der Waals surface area contributed by atoms with Crippen molar-refractivity contribution >= 4 is 9.05 Å². The van der Waals surface area contributed by atoms with E-state index in [1.165, 1.54) is 0 Å². The van der Waals surface area contributed by atoms with E-state index in [-0.39, 0.29) is 50.9 Å². The zero-order valence-corrected chi connectivity index (χ0v) is 7.21. The van der Waals surface area contributed by atoms with Crippen LogP contribution in [-0.2, 0) is 50.9 Å². The van der Waals surface area contributed by atoms with Gasteiger partial charge in [0, 0.05) is 0 Å². The van der Waals surface area contributed by atoms with E-state index in [4.69, 9.17) is 19.2 Å². The maximum absolute atomic E-state index is 8.58. The molecule has 0 saturated carbocycles. The largest absolute Gasteiger partial charge is 2.00 e. The maximum Gasteiger partial charge on any atom is 2.00 e. The van der Waals surface area contributed by atoms with Crippen LogP contribution in [0.25, 0.3) is 0 Å². The fourth-order valence-corrected chi connectivity index (χ4v) is 0. The predicted octanol–water partition coefficient (Wildman–Crippen LogP) is -5.14. The Kier molecular flexibility index (Phi) is 24.3. The third kappa shape index (κ3) is 129. The number of hydrogen-bond donors (Lipinski definition) is 0. The van der Waals surface area contributed by atoms with E-state index in [0.717, 1.165) is 0 Å². The summed E-state index contributed by atoms with van der Waals surface area (Å²) in [4.78, 5) is 34.3. The van der Waals surface area contributed by atoms with E-state index in [1.807, 2.05) is 0 Å². The van der Waals surface area contributed by atoms with Crippen LogP contribution >= 0.6 is 0 Å². The molecule has 0 aromatic carbocycles. The van der Waals surface area contributed by atoms with Crippen molar-refractivity contribution in [2.45, 2.75) is 0 Å². The third-order valence-electron chi connectivity index (χ3n) is 0. The molecule has 0 rings (SSSR count). The molecule has 54 valence electrons. The van der Waals surface area contributed by atoms with Crippen LogP contribution in [0.2, 0.25) is 0 Å². The third-order valence-corrected chi connectivity index (χ3v) is 0. The molecule has 2 radical (unpaired) electrons. The van der Waals surface area contributed by atoms with Crippen molar-refractivity contribution in [2.75, 3.05) is 0 Å². The Hall–Kier alpha value is 1.60. The van der Waals surface area contributed by atoms with Crippen LogP contribution in [0.4, 0.5) is 0 Å². The summed E-state index contributed by atoms with van der Waals surface area (Å²) in [5, 5.41) is 0. The molecule has 0 spiro atoms. The summed E-state index contributed by atoms with van der Waals surface area (Å²) in [6.45, 7) is 0. The quantitative estimate of drug-likeness (QED) is 0.412. The van der Waals surface area contributed by atoms with Crippen molar-refractivity contribution in [3.63, 3.8) is 0 Å². The average Bonchev–Trinajstić information content (AvgIpc) is 0.722. The summed E-state index contributed by atoms with van der Waals surface area (Å²) >= 11 is 0. The molecule has 0 aliphatic carbocycles. The van der Waals surface area contributed by atoms with Crippen LogP contribution in [0.1, 0.15) is 0 Å². The van der Waals surface area contributed by atoms with Crippen molar-refractivity contribution < 1.29 is 70.1 Å². The van der Waals surface area contributed by atoms with Gasteiger partial charge in [-0.3, -0.25) is 0 Å². The molecule has 0 amide bonds. The Balaban J connectivity index is -0.0000000267. The van der Waals surface area contributed by atoms with E-state index >= 15 is 0 Å². The minimum Gasteiger partial charge on any atom is -0.894 e. The Morgan fingerprint density at radius 3 is 0.875 bits per heavy atom. The second-order valence-electron chi connectivity index (χ2n) is 0.500. The molecule has 0 heterocycles. The second-order valence-corrected chi connectivity index (χ2v) is 1.50. The van der Waals surface area contributed by atoms with Crippen molar-refractivity contribution in [3.8, 4) is 0 Å². The number of hydrogen-bond acceptors (Lipinski definition) is 4. The van der Waals surface area contributed by atoms with Gasteiger partial charge in [-0.05, 0) is 0 Å². The molecule has 8 heavy (non-hydrogen) atoms. The molecule has 0 atom stereocenters. The standard InChI is InChI=1S/Co.Cu.Fe.O4Si/c;;;1-5(2,3)4/q3*+2;-4. The van der Waals surface area contributed by atoms with Crippen molar-refractivity contribution in [2.24, 2.45) is 0 Å². The first-order valence-corrected chi connectivity index (χ1v) is 2.45. The summed E-state index contributed by atoms with van der Waals surface area (Å²) in [6.07, 6.45) is 0. The molecule has 0 N–H and O–H groups in total. The van der Waals surface area contributed by atoms with Crippen molar-refractivity contribution in [1.82, 2.24) is 0 Å². The van der Waals surface area contributed by atoms with Gasteiger partial charge in [0.25, 0.3) is 0 Å². The molecular formula is CoCuFeO4Si+2. The average molecular weight is 270 g/mol. The first-order valence-electron chi connectivity index (χ1n) is 0.816. The molecule has 4 nitrogen and oxygen atoms in total. The number of rotatable bonds is 0. The molecule has 0 aliphatic heterocycles. The normalized spacial score (nSPS) is 7.50. The van der Waals surface area contributed by atoms with E-state index < -0.39 is 9.05 Å². The van der Waals surface area contributed by atoms with Gasteiger partial charge in [0.1, 0.15) is 0 Å². The van der Waals surface area contributed by atoms with Crippen molar-refractivity contribution in [1.29, 1.82) is 0 Å². The molecule has 0 bridgehead atoms. The second kappa shape index (κ2) is 8.60. The first kappa shape index (κ1) is 22.6. The van der Waals surface area contributed by atoms with Gasteiger partial charge in [-0.2, -0.15) is 0 Å². The van der Waals surface area contributed by atoms with Gasteiger partial charge in [0.2, 0.25) is 0 Å². The monoisotopic (exact) mass is 270 g/mol. The van der Waals surface area contributed by atoms with Crippen LogP contribution < -0.4 is 19.2 Å². The Bertz CT molecular complexity index is 31.5. The molecule has 0 saturated heterocycles. The Labute approximate surface area is 78.9 Å². The van der Waals surface area contributed by atoms with Gasteiger partial charge in [0.15, 0.2) is 0 Å². The van der Waals surface area contributed by atoms with Crippen LogP contribution in [0.3, 0.4) is 0 Å². The molecule has 0 fully saturated rings. The van der Waals surface area contributed by atoms with Gasteiger partial charge < -0.3 is 28.2 Å². The van der Waals surface area contributed by atoms with Crippen molar-refractivity contribution in [3.05, 3.63) is 0 Å². The molecule has 0 aromatic heterocycles. The molecule has 8 heteroatoms. The fraction of sp³-hybridized carbons (Fsp3) is 0. The van der Waals surface area contributed by atoms with E-state index in [1.54, 1.807) is 0 Å². The van der Waals surface area contributed by atoms with Crippen LogP contribution in [0.15, 0.2) is 0 Å². The maximum atomic E-state index is 8.58. The predicted molar refractivity (Wildman–Crippen MR) is 5.75 cm³/mol. The summed E-state index contributed by atoms with van der Waals surface area (Å²) in [5.41, 5.74) is 0. The molecule has 0 aliphatic rings. The topological polar surface area (TPSA) is 92.2 Å². The Morgan fingerprint density at radius 2 is 0.875 bits per heavy atom. The minimum atomic E-state index is -5.61. The van der Waals surface area contributed by atoms with Gasteiger partial charge in [-0.1, -0.05) is 0 Å². The summed E-state index contributed by atoms with van der Waals surface area (Å²) in [5.74, 6) is 0. The van der Waals surface area contributed by atoms with Gasteiger partial charge in [-0.25, -0.2) is 0 Å². The first-order chi connectivity index (χ1) is 2.00. The van der Waals surface area contributed by atoms with Crippen LogP contribution in [-0.4, -0.2) is 9.05 Å². The van der Waals surface area contributed by atoms with E-state index in [0.29, 0.717) is 0 Å². The summed E-state index contributed by atoms with van der Waals surface area (Å²) in [6, 6.07) is 0. The minimum absolute atomic E-state index is 0. The molecule has 0 aromatic rings. The molecule has 0 unspecified atom stereocenters. The van der Waals surface area contributed by atoms with Gasteiger partial charge >= 0.3 is 50.9 Å². The smallest absolute Gasteiger partial charge is 0.894 e. The van der Waals surface area contributed by atoms with Gasteiger partial charge in [-0.15, -0.1) is 0 Å². The van der Waals surface area contributed by atoms with Crippen LogP contribution in [0, 0.1) is 0 Å². The van der Waals surface area contributed by atoms with E-state index in [2.05, 4.69) is 0 Å². The summed E-state index contributed by atoms with van der Waals surface area (Å²) < 4.78 is 0. The van der Waals surface area contributed by atoms with Crippen LogP contribution in [0.5, 0.6) is 0 Å². The van der Waals surface area contributed by atoms with Gasteiger partial charge in [0.05, 0.1) is 0 Å². The molecular weight excluding hydrogens is 270 g/mol.